The van der Waals surface area contributed by atoms with Crippen LogP contribution >= 0.6 is 0 Å². The van der Waals surface area contributed by atoms with Gasteiger partial charge in [0, 0.05) is 5.56 Å². The number of rotatable bonds is 3. The minimum absolute atomic E-state index is 0.156. The van der Waals surface area contributed by atoms with Crippen molar-refractivity contribution in [3.63, 3.8) is 0 Å². The molecule has 0 aliphatic heterocycles. The molecule has 0 aliphatic carbocycles. The molecule has 25 heavy (non-hydrogen) atoms. The van der Waals surface area contributed by atoms with E-state index in [4.69, 9.17) is 4.55 Å². The molecule has 0 spiro atoms. The van der Waals surface area contributed by atoms with Gasteiger partial charge in [0.2, 0.25) is 0 Å². The highest BCUT2D eigenvalue weighted by molar-refractivity contribution is 7.79. The molecule has 3 aromatic rings. The van der Waals surface area contributed by atoms with E-state index in [1.54, 1.807) is 24.3 Å². The average molecular weight is 366 g/mol. The normalized spacial score (nSPS) is 13.0. The van der Waals surface area contributed by atoms with Crippen LogP contribution in [0.1, 0.15) is 11.3 Å². The molecule has 2 aromatic carbocycles. The van der Waals surface area contributed by atoms with E-state index < -0.39 is 23.0 Å². The summed E-state index contributed by atoms with van der Waals surface area (Å²) in [4.78, 5) is 0.156. The van der Waals surface area contributed by atoms with Gasteiger partial charge in [-0.3, -0.25) is 0 Å². The molecule has 0 saturated carbocycles. The summed E-state index contributed by atoms with van der Waals surface area (Å²) in [6, 6.07) is 13.7. The summed E-state index contributed by atoms with van der Waals surface area (Å²) in [6.07, 6.45) is -4.57. The summed E-state index contributed by atoms with van der Waals surface area (Å²) >= 11 is -2.16. The summed E-state index contributed by atoms with van der Waals surface area (Å²) in [5.74, 6) is 0. The van der Waals surface area contributed by atoms with Gasteiger partial charge in [0.05, 0.1) is 16.3 Å². The molecule has 0 saturated heterocycles. The molecule has 0 radical (unpaired) electrons. The first-order valence-electron chi connectivity index (χ1n) is 7.21. The van der Waals surface area contributed by atoms with Crippen molar-refractivity contribution in [3.05, 3.63) is 65.9 Å². The van der Waals surface area contributed by atoms with Gasteiger partial charge in [0.25, 0.3) is 0 Å². The lowest BCUT2D eigenvalue weighted by molar-refractivity contribution is -0.141. The Morgan fingerprint density at radius 3 is 2.16 bits per heavy atom. The molecule has 0 amide bonds. The van der Waals surface area contributed by atoms with Gasteiger partial charge < -0.3 is 4.55 Å². The van der Waals surface area contributed by atoms with Gasteiger partial charge in [-0.25, -0.2) is 8.89 Å². The quantitative estimate of drug-likeness (QED) is 0.697. The van der Waals surface area contributed by atoms with Crippen molar-refractivity contribution < 1.29 is 21.9 Å². The van der Waals surface area contributed by atoms with E-state index in [0.29, 0.717) is 11.3 Å². The molecule has 1 heterocycles. The highest BCUT2D eigenvalue weighted by Crippen LogP contribution is 2.33. The molecule has 1 aromatic heterocycles. The van der Waals surface area contributed by atoms with E-state index in [1.807, 2.05) is 6.92 Å². The molecule has 3 rings (SSSR count). The van der Waals surface area contributed by atoms with Crippen LogP contribution in [0.5, 0.6) is 0 Å². The first-order chi connectivity index (χ1) is 11.8. The Morgan fingerprint density at radius 1 is 1.04 bits per heavy atom. The number of benzene rings is 2. The largest absolute Gasteiger partial charge is 0.435 e. The zero-order chi connectivity index (χ0) is 18.2. The second-order valence-corrected chi connectivity index (χ2v) is 6.40. The Labute approximate surface area is 144 Å². The van der Waals surface area contributed by atoms with Crippen LogP contribution < -0.4 is 0 Å². The van der Waals surface area contributed by atoms with Gasteiger partial charge >= 0.3 is 6.18 Å². The van der Waals surface area contributed by atoms with Gasteiger partial charge in [-0.05, 0) is 37.3 Å². The van der Waals surface area contributed by atoms with Crippen LogP contribution in [-0.4, -0.2) is 18.5 Å². The van der Waals surface area contributed by atoms with Crippen molar-refractivity contribution >= 4 is 11.1 Å². The van der Waals surface area contributed by atoms with E-state index in [2.05, 4.69) is 5.10 Å². The first kappa shape index (κ1) is 17.4. The Morgan fingerprint density at radius 2 is 1.64 bits per heavy atom. The topological polar surface area (TPSA) is 55.1 Å². The van der Waals surface area contributed by atoms with Crippen LogP contribution in [0.2, 0.25) is 0 Å². The Hall–Kier alpha value is -2.45. The van der Waals surface area contributed by atoms with Crippen LogP contribution in [0.3, 0.4) is 0 Å². The second kappa shape index (κ2) is 6.45. The highest BCUT2D eigenvalue weighted by atomic mass is 32.2. The number of aromatic nitrogens is 2. The predicted octanol–water partition coefficient (Wildman–Crippen LogP) is 4.45. The van der Waals surface area contributed by atoms with Crippen LogP contribution in [0, 0.1) is 6.92 Å². The molecular weight excluding hydrogens is 353 g/mol. The SMILES string of the molecule is Cc1ccc(-c2cc(C(F)(F)F)nn2-c2ccc(S(=O)O)cc2)cc1. The fourth-order valence-electron chi connectivity index (χ4n) is 2.35. The van der Waals surface area contributed by atoms with Crippen molar-refractivity contribution in [1.82, 2.24) is 9.78 Å². The highest BCUT2D eigenvalue weighted by Gasteiger charge is 2.35. The standard InChI is InChI=1S/C17H13F3N2O2S/c1-11-2-4-12(5-3-11)15-10-16(17(18,19)20)21-22(15)13-6-8-14(9-7-13)25(23)24/h2-10H,1H3,(H,23,24). The molecule has 4 nitrogen and oxygen atoms in total. The molecule has 0 aliphatic rings. The molecule has 8 heteroatoms. The van der Waals surface area contributed by atoms with E-state index in [1.165, 1.54) is 28.9 Å². The molecule has 1 atom stereocenters. The zero-order valence-corrected chi connectivity index (χ0v) is 13.8. The lowest BCUT2D eigenvalue weighted by Gasteiger charge is -2.08. The maximum Gasteiger partial charge on any atom is 0.435 e. The number of hydrogen-bond donors (Lipinski definition) is 1. The number of alkyl halides is 3. The maximum atomic E-state index is 13.1. The van der Waals surface area contributed by atoms with Gasteiger partial charge in [-0.15, -0.1) is 0 Å². The van der Waals surface area contributed by atoms with E-state index in [9.17, 15) is 17.4 Å². The summed E-state index contributed by atoms with van der Waals surface area (Å²) in [5.41, 5.74) is 1.22. The summed E-state index contributed by atoms with van der Waals surface area (Å²) in [6.45, 7) is 1.88. The van der Waals surface area contributed by atoms with Gasteiger partial charge in [-0.2, -0.15) is 18.3 Å². The van der Waals surface area contributed by atoms with Crippen LogP contribution in [0.25, 0.3) is 16.9 Å². The van der Waals surface area contributed by atoms with Crippen molar-refractivity contribution in [3.8, 4) is 16.9 Å². The summed E-state index contributed by atoms with van der Waals surface area (Å²) in [7, 11) is 0. The Balaban J connectivity index is 2.15. The number of hydrogen-bond acceptors (Lipinski definition) is 2. The predicted molar refractivity (Wildman–Crippen MR) is 87.8 cm³/mol. The van der Waals surface area contributed by atoms with Crippen molar-refractivity contribution in [2.24, 2.45) is 0 Å². The summed E-state index contributed by atoms with van der Waals surface area (Å²) < 4.78 is 60.6. The third-order valence-corrected chi connectivity index (χ3v) is 4.31. The van der Waals surface area contributed by atoms with Gasteiger partial charge in [-0.1, -0.05) is 29.8 Å². The third kappa shape index (κ3) is 3.64. The lowest BCUT2D eigenvalue weighted by Crippen LogP contribution is -2.07. The van der Waals surface area contributed by atoms with Crippen LogP contribution in [0.15, 0.2) is 59.5 Å². The van der Waals surface area contributed by atoms with Gasteiger partial charge in [0.1, 0.15) is 0 Å². The van der Waals surface area contributed by atoms with Crippen molar-refractivity contribution in [2.75, 3.05) is 0 Å². The van der Waals surface area contributed by atoms with E-state index in [-0.39, 0.29) is 10.6 Å². The van der Waals surface area contributed by atoms with E-state index >= 15 is 0 Å². The van der Waals surface area contributed by atoms with Crippen LogP contribution in [0.4, 0.5) is 13.2 Å². The molecule has 1 unspecified atom stereocenters. The maximum absolute atomic E-state index is 13.1. The minimum Gasteiger partial charge on any atom is -0.302 e. The molecule has 0 fully saturated rings. The smallest absolute Gasteiger partial charge is 0.302 e. The first-order valence-corrected chi connectivity index (χ1v) is 8.32. The molecule has 0 bridgehead atoms. The monoisotopic (exact) mass is 366 g/mol. The van der Waals surface area contributed by atoms with Crippen molar-refractivity contribution in [1.29, 1.82) is 0 Å². The minimum atomic E-state index is -4.57. The fraction of sp³-hybridized carbons (Fsp3) is 0.118. The van der Waals surface area contributed by atoms with Crippen molar-refractivity contribution in [2.45, 2.75) is 18.0 Å². The van der Waals surface area contributed by atoms with Crippen LogP contribution in [-0.2, 0) is 17.3 Å². The number of nitrogens with zero attached hydrogens (tertiary/aromatic N) is 2. The second-order valence-electron chi connectivity index (χ2n) is 5.43. The third-order valence-electron chi connectivity index (χ3n) is 3.63. The average Bonchev–Trinajstić information content (AvgIpc) is 3.01. The lowest BCUT2D eigenvalue weighted by atomic mass is 10.1. The summed E-state index contributed by atoms with van der Waals surface area (Å²) in [5, 5.41) is 3.68. The number of aryl methyl sites for hydroxylation is 1. The molecule has 1 N–H and O–H groups in total. The fourth-order valence-corrected chi connectivity index (χ4v) is 2.72. The number of halogens is 3. The van der Waals surface area contributed by atoms with Gasteiger partial charge in [0.15, 0.2) is 16.8 Å². The Kier molecular flexibility index (Phi) is 4.49. The Bertz CT molecular complexity index is 917. The molecule has 130 valence electrons. The van der Waals surface area contributed by atoms with E-state index in [0.717, 1.165) is 11.6 Å². The zero-order valence-electron chi connectivity index (χ0n) is 13.0. The molecular formula is C17H13F3N2O2S.